The lowest BCUT2D eigenvalue weighted by molar-refractivity contribution is 0.0719. The van der Waals surface area contributed by atoms with E-state index < -0.39 is 0 Å². The molecule has 2 N–H and O–H groups in total. The molecule has 0 radical (unpaired) electrons. The number of carbonyl (C=O) groups excluding carboxylic acids is 1. The van der Waals surface area contributed by atoms with E-state index in [0.717, 1.165) is 25.9 Å². The molecule has 0 atom stereocenters. The van der Waals surface area contributed by atoms with Gasteiger partial charge in [-0.15, -0.1) is 11.3 Å². The zero-order valence-corrected chi connectivity index (χ0v) is 12.1. The zero-order valence-electron chi connectivity index (χ0n) is 11.3. The number of nitrogen functional groups attached to an aromatic ring is 1. The summed E-state index contributed by atoms with van der Waals surface area (Å²) in [6, 6.07) is 12.4. The quantitative estimate of drug-likeness (QED) is 0.920. The standard InChI is InChI=1S/C16H18N2OS/c17-14-8-11-20-15(14)16(19)18-9-6-13(7-10-18)12-4-2-1-3-5-12/h1-5,8,11,13H,6-7,9-10,17H2. The molecule has 4 heteroatoms. The number of benzene rings is 1. The molecule has 3 rings (SSSR count). The second-order valence-electron chi connectivity index (χ2n) is 5.18. The van der Waals surface area contributed by atoms with Gasteiger partial charge < -0.3 is 10.6 Å². The van der Waals surface area contributed by atoms with Crippen LogP contribution in [0.3, 0.4) is 0 Å². The average Bonchev–Trinajstić information content (AvgIpc) is 2.94. The highest BCUT2D eigenvalue weighted by molar-refractivity contribution is 7.12. The number of hydrogen-bond acceptors (Lipinski definition) is 3. The summed E-state index contributed by atoms with van der Waals surface area (Å²) in [4.78, 5) is 15.0. The second-order valence-corrected chi connectivity index (χ2v) is 6.10. The van der Waals surface area contributed by atoms with Crippen molar-refractivity contribution in [2.45, 2.75) is 18.8 Å². The molecule has 20 heavy (non-hydrogen) atoms. The smallest absolute Gasteiger partial charge is 0.266 e. The van der Waals surface area contributed by atoms with E-state index >= 15 is 0 Å². The van der Waals surface area contributed by atoms with E-state index in [2.05, 4.69) is 24.3 Å². The summed E-state index contributed by atoms with van der Waals surface area (Å²) in [6.07, 6.45) is 2.06. The molecule has 1 aromatic heterocycles. The van der Waals surface area contributed by atoms with Gasteiger partial charge in [-0.2, -0.15) is 0 Å². The van der Waals surface area contributed by atoms with Crippen molar-refractivity contribution in [3.63, 3.8) is 0 Å². The molecule has 3 nitrogen and oxygen atoms in total. The first-order valence-electron chi connectivity index (χ1n) is 6.93. The van der Waals surface area contributed by atoms with Crippen LogP contribution in [0.2, 0.25) is 0 Å². The number of nitrogens with zero attached hydrogens (tertiary/aromatic N) is 1. The van der Waals surface area contributed by atoms with Crippen LogP contribution in [0.15, 0.2) is 41.8 Å². The highest BCUT2D eigenvalue weighted by Gasteiger charge is 2.25. The van der Waals surface area contributed by atoms with Gasteiger partial charge in [-0.3, -0.25) is 4.79 Å². The lowest BCUT2D eigenvalue weighted by Gasteiger charge is -2.32. The molecule has 1 aliphatic heterocycles. The fraction of sp³-hybridized carbons (Fsp3) is 0.312. The Morgan fingerprint density at radius 2 is 1.85 bits per heavy atom. The summed E-state index contributed by atoms with van der Waals surface area (Å²) in [6.45, 7) is 1.63. The van der Waals surface area contributed by atoms with Crippen molar-refractivity contribution in [2.75, 3.05) is 18.8 Å². The number of piperidine rings is 1. The van der Waals surface area contributed by atoms with Gasteiger partial charge in [0, 0.05) is 13.1 Å². The first-order chi connectivity index (χ1) is 9.75. The fourth-order valence-corrected chi connectivity index (χ4v) is 3.56. The number of likely N-dealkylation sites (tertiary alicyclic amines) is 1. The van der Waals surface area contributed by atoms with Gasteiger partial charge in [0.15, 0.2) is 0 Å². The number of hydrogen-bond donors (Lipinski definition) is 1. The van der Waals surface area contributed by atoms with Gasteiger partial charge in [0.05, 0.1) is 5.69 Å². The van der Waals surface area contributed by atoms with Crippen LogP contribution < -0.4 is 5.73 Å². The van der Waals surface area contributed by atoms with Crippen molar-refractivity contribution in [3.05, 3.63) is 52.2 Å². The van der Waals surface area contributed by atoms with Crippen LogP contribution in [0.25, 0.3) is 0 Å². The van der Waals surface area contributed by atoms with Gasteiger partial charge in [-0.05, 0) is 35.8 Å². The number of amides is 1. The average molecular weight is 286 g/mol. The number of carbonyl (C=O) groups is 1. The summed E-state index contributed by atoms with van der Waals surface area (Å²) < 4.78 is 0. The van der Waals surface area contributed by atoms with E-state index in [0.29, 0.717) is 16.5 Å². The maximum atomic E-state index is 12.4. The molecule has 1 saturated heterocycles. The molecule has 2 heterocycles. The lowest BCUT2D eigenvalue weighted by atomic mass is 9.89. The third-order valence-corrected chi connectivity index (χ3v) is 4.86. The molecule has 2 aromatic rings. The van der Waals surface area contributed by atoms with Crippen molar-refractivity contribution in [1.82, 2.24) is 4.90 Å². The van der Waals surface area contributed by atoms with Gasteiger partial charge in [-0.1, -0.05) is 30.3 Å². The van der Waals surface area contributed by atoms with Gasteiger partial charge in [0.25, 0.3) is 5.91 Å². The van der Waals surface area contributed by atoms with E-state index in [9.17, 15) is 4.79 Å². The molecule has 0 bridgehead atoms. The first kappa shape index (κ1) is 13.2. The summed E-state index contributed by atoms with van der Waals surface area (Å²) >= 11 is 1.43. The lowest BCUT2D eigenvalue weighted by Crippen LogP contribution is -2.37. The molecule has 0 saturated carbocycles. The van der Waals surface area contributed by atoms with Crippen molar-refractivity contribution in [3.8, 4) is 0 Å². The minimum absolute atomic E-state index is 0.0870. The number of anilines is 1. The Morgan fingerprint density at radius 1 is 1.15 bits per heavy atom. The Bertz CT molecular complexity index is 586. The maximum Gasteiger partial charge on any atom is 0.266 e. The normalized spacial score (nSPS) is 16.3. The van der Waals surface area contributed by atoms with Crippen LogP contribution >= 0.6 is 11.3 Å². The highest BCUT2D eigenvalue weighted by atomic mass is 32.1. The second kappa shape index (κ2) is 5.67. The third-order valence-electron chi connectivity index (χ3n) is 3.94. The van der Waals surface area contributed by atoms with Crippen molar-refractivity contribution in [1.29, 1.82) is 0 Å². The number of nitrogens with two attached hydrogens (primary N) is 1. The molecule has 1 fully saturated rings. The number of thiophene rings is 1. The zero-order chi connectivity index (χ0) is 13.9. The minimum Gasteiger partial charge on any atom is -0.397 e. The Balaban J connectivity index is 1.64. The van der Waals surface area contributed by atoms with E-state index in [1.54, 1.807) is 6.07 Å². The van der Waals surface area contributed by atoms with Gasteiger partial charge in [-0.25, -0.2) is 0 Å². The predicted octanol–water partition coefficient (Wildman–Crippen LogP) is 3.35. The van der Waals surface area contributed by atoms with Gasteiger partial charge >= 0.3 is 0 Å². The summed E-state index contributed by atoms with van der Waals surface area (Å²) in [5.74, 6) is 0.657. The van der Waals surface area contributed by atoms with Crippen molar-refractivity contribution in [2.24, 2.45) is 0 Å². The molecule has 0 aliphatic carbocycles. The van der Waals surface area contributed by atoms with Crippen molar-refractivity contribution >= 4 is 22.9 Å². The fourth-order valence-electron chi connectivity index (χ4n) is 2.78. The first-order valence-corrected chi connectivity index (χ1v) is 7.81. The molecule has 1 aromatic carbocycles. The topological polar surface area (TPSA) is 46.3 Å². The largest absolute Gasteiger partial charge is 0.397 e. The highest BCUT2D eigenvalue weighted by Crippen LogP contribution is 2.29. The molecular formula is C16H18N2OS. The van der Waals surface area contributed by atoms with Crippen molar-refractivity contribution < 1.29 is 4.79 Å². The van der Waals surface area contributed by atoms with Crippen LogP contribution in [-0.2, 0) is 0 Å². The van der Waals surface area contributed by atoms with E-state index in [-0.39, 0.29) is 5.91 Å². The monoisotopic (exact) mass is 286 g/mol. The SMILES string of the molecule is Nc1ccsc1C(=O)N1CCC(c2ccccc2)CC1. The number of rotatable bonds is 2. The van der Waals surface area contributed by atoms with Crippen LogP contribution in [-0.4, -0.2) is 23.9 Å². The van der Waals surface area contributed by atoms with E-state index in [1.165, 1.54) is 16.9 Å². The molecular weight excluding hydrogens is 268 g/mol. The maximum absolute atomic E-state index is 12.4. The van der Waals surface area contributed by atoms with E-state index in [1.807, 2.05) is 16.3 Å². The Morgan fingerprint density at radius 3 is 2.45 bits per heavy atom. The Hall–Kier alpha value is -1.81. The van der Waals surface area contributed by atoms with Crippen LogP contribution in [0.1, 0.15) is 34.0 Å². The van der Waals surface area contributed by atoms with Crippen LogP contribution in [0.5, 0.6) is 0 Å². The summed E-state index contributed by atoms with van der Waals surface area (Å²) in [5, 5.41) is 1.87. The molecule has 1 aliphatic rings. The van der Waals surface area contributed by atoms with Gasteiger partial charge in [0.1, 0.15) is 4.88 Å². The Labute approximate surface area is 123 Å². The minimum atomic E-state index is 0.0870. The molecule has 0 spiro atoms. The Kier molecular flexibility index (Phi) is 3.74. The van der Waals surface area contributed by atoms with Gasteiger partial charge in [0.2, 0.25) is 0 Å². The molecule has 1 amide bonds. The van der Waals surface area contributed by atoms with Crippen LogP contribution in [0, 0.1) is 0 Å². The molecule has 104 valence electrons. The third kappa shape index (κ3) is 2.56. The van der Waals surface area contributed by atoms with E-state index in [4.69, 9.17) is 5.73 Å². The molecule has 0 unspecified atom stereocenters. The summed E-state index contributed by atoms with van der Waals surface area (Å²) in [5.41, 5.74) is 7.82. The van der Waals surface area contributed by atoms with Crippen LogP contribution in [0.4, 0.5) is 5.69 Å². The summed E-state index contributed by atoms with van der Waals surface area (Å²) in [7, 11) is 0. The predicted molar refractivity (Wildman–Crippen MR) is 83.1 cm³/mol.